The van der Waals surface area contributed by atoms with Crippen molar-refractivity contribution in [1.82, 2.24) is 9.97 Å². The van der Waals surface area contributed by atoms with Gasteiger partial charge in [0.25, 0.3) is 5.91 Å². The van der Waals surface area contributed by atoms with Crippen LogP contribution in [0.5, 0.6) is 0 Å². The summed E-state index contributed by atoms with van der Waals surface area (Å²) in [6, 6.07) is 6.39. The third-order valence-electron chi connectivity index (χ3n) is 2.56. The first-order chi connectivity index (χ1) is 10.1. The number of aryl methyl sites for hydroxylation is 1. The van der Waals surface area contributed by atoms with E-state index in [0.29, 0.717) is 5.82 Å². The van der Waals surface area contributed by atoms with E-state index in [2.05, 4.69) is 15.3 Å². The maximum absolute atomic E-state index is 11.7. The summed E-state index contributed by atoms with van der Waals surface area (Å²) in [5, 5.41) is 2.74. The molecule has 0 aliphatic carbocycles. The molecule has 0 aromatic carbocycles. The molecule has 1 amide bonds. The minimum Gasteiger partial charge on any atom is -0.452 e. The zero-order valence-corrected chi connectivity index (χ0v) is 11.9. The molecule has 2 rings (SSSR count). The normalized spacial score (nSPS) is 10.0. The summed E-state index contributed by atoms with van der Waals surface area (Å²) in [6.45, 7) is 1.41. The van der Waals surface area contributed by atoms with Gasteiger partial charge in [0.05, 0.1) is 5.56 Å². The monoisotopic (exact) mass is 305 g/mol. The number of ether oxygens (including phenoxy) is 1. The molecule has 0 bridgehead atoms. The maximum atomic E-state index is 11.7. The van der Waals surface area contributed by atoms with Crippen molar-refractivity contribution in [3.05, 3.63) is 52.9 Å². The van der Waals surface area contributed by atoms with Crippen LogP contribution in [0, 0.1) is 6.92 Å². The number of esters is 1. The van der Waals surface area contributed by atoms with Gasteiger partial charge in [0.2, 0.25) is 0 Å². The number of amides is 1. The quantitative estimate of drug-likeness (QED) is 0.692. The number of hydrogen-bond acceptors (Lipinski definition) is 5. The van der Waals surface area contributed by atoms with Crippen LogP contribution in [0.25, 0.3) is 0 Å². The molecule has 6 nitrogen and oxygen atoms in total. The fourth-order valence-electron chi connectivity index (χ4n) is 1.53. The van der Waals surface area contributed by atoms with Gasteiger partial charge in [-0.05, 0) is 30.7 Å². The van der Waals surface area contributed by atoms with Gasteiger partial charge in [-0.3, -0.25) is 4.79 Å². The standard InChI is InChI=1S/C14H12ClN3O3/c1-9-3-2-5-17-13(9)18-12(19)8-21-14(20)10-4-6-16-11(15)7-10/h2-7H,8H2,1H3,(H,17,18,19). The van der Waals surface area contributed by atoms with E-state index in [-0.39, 0.29) is 10.7 Å². The Labute approximate surface area is 126 Å². The number of carbonyl (C=O) groups is 2. The Morgan fingerprint density at radius 1 is 1.29 bits per heavy atom. The summed E-state index contributed by atoms with van der Waals surface area (Å²) < 4.78 is 4.89. The highest BCUT2D eigenvalue weighted by atomic mass is 35.5. The van der Waals surface area contributed by atoms with Crippen LogP contribution in [0.1, 0.15) is 15.9 Å². The summed E-state index contributed by atoms with van der Waals surface area (Å²) in [7, 11) is 0. The third-order valence-corrected chi connectivity index (χ3v) is 2.77. The van der Waals surface area contributed by atoms with E-state index in [1.54, 1.807) is 12.3 Å². The summed E-state index contributed by atoms with van der Waals surface area (Å²) in [5.74, 6) is -0.678. The van der Waals surface area contributed by atoms with Crippen molar-refractivity contribution in [2.75, 3.05) is 11.9 Å². The number of halogens is 1. The molecule has 0 fully saturated rings. The highest BCUT2D eigenvalue weighted by molar-refractivity contribution is 6.29. The lowest BCUT2D eigenvalue weighted by Gasteiger charge is -2.07. The van der Waals surface area contributed by atoms with E-state index in [1.807, 2.05) is 13.0 Å². The van der Waals surface area contributed by atoms with Crippen molar-refractivity contribution >= 4 is 29.3 Å². The Balaban J connectivity index is 1.90. The minimum atomic E-state index is -0.646. The SMILES string of the molecule is Cc1cccnc1NC(=O)COC(=O)c1ccnc(Cl)c1. The summed E-state index contributed by atoms with van der Waals surface area (Å²) in [6.07, 6.45) is 2.95. The lowest BCUT2D eigenvalue weighted by atomic mass is 10.3. The van der Waals surface area contributed by atoms with Crippen molar-refractivity contribution in [3.63, 3.8) is 0 Å². The van der Waals surface area contributed by atoms with Gasteiger partial charge < -0.3 is 10.1 Å². The molecule has 108 valence electrons. The summed E-state index contributed by atoms with van der Waals surface area (Å²) in [5.41, 5.74) is 1.05. The number of nitrogens with zero attached hydrogens (tertiary/aromatic N) is 2. The van der Waals surface area contributed by atoms with E-state index < -0.39 is 18.5 Å². The molecule has 0 saturated carbocycles. The first-order valence-corrected chi connectivity index (χ1v) is 6.44. The Morgan fingerprint density at radius 3 is 2.81 bits per heavy atom. The Hall–Kier alpha value is -2.47. The van der Waals surface area contributed by atoms with E-state index in [4.69, 9.17) is 16.3 Å². The zero-order valence-electron chi connectivity index (χ0n) is 11.2. The highest BCUT2D eigenvalue weighted by Crippen LogP contribution is 2.10. The first kappa shape index (κ1) is 14.9. The van der Waals surface area contributed by atoms with Gasteiger partial charge in [-0.1, -0.05) is 17.7 Å². The number of pyridine rings is 2. The Kier molecular flexibility index (Phi) is 4.84. The third kappa shape index (κ3) is 4.25. The number of rotatable bonds is 4. The van der Waals surface area contributed by atoms with E-state index >= 15 is 0 Å². The van der Waals surface area contributed by atoms with Crippen LogP contribution in [0.15, 0.2) is 36.7 Å². The number of nitrogens with one attached hydrogen (secondary N) is 1. The van der Waals surface area contributed by atoms with Crippen molar-refractivity contribution in [2.24, 2.45) is 0 Å². The molecule has 1 N–H and O–H groups in total. The summed E-state index contributed by atoms with van der Waals surface area (Å²) >= 11 is 5.67. The Morgan fingerprint density at radius 2 is 2.10 bits per heavy atom. The van der Waals surface area contributed by atoms with Gasteiger partial charge in [-0.15, -0.1) is 0 Å². The van der Waals surface area contributed by atoms with Gasteiger partial charge >= 0.3 is 5.97 Å². The van der Waals surface area contributed by atoms with Gasteiger partial charge in [0.15, 0.2) is 6.61 Å². The number of anilines is 1. The molecule has 0 unspecified atom stereocenters. The molecule has 2 aromatic heterocycles. The van der Waals surface area contributed by atoms with E-state index in [0.717, 1.165) is 5.56 Å². The van der Waals surface area contributed by atoms with Crippen LogP contribution in [0.4, 0.5) is 5.82 Å². The molecule has 0 atom stereocenters. The van der Waals surface area contributed by atoms with Crippen molar-refractivity contribution in [2.45, 2.75) is 6.92 Å². The van der Waals surface area contributed by atoms with Crippen molar-refractivity contribution in [1.29, 1.82) is 0 Å². The van der Waals surface area contributed by atoms with Crippen LogP contribution in [-0.4, -0.2) is 28.5 Å². The molecule has 0 spiro atoms. The largest absolute Gasteiger partial charge is 0.452 e. The van der Waals surface area contributed by atoms with Gasteiger partial charge in [0.1, 0.15) is 11.0 Å². The number of hydrogen-bond donors (Lipinski definition) is 1. The lowest BCUT2D eigenvalue weighted by molar-refractivity contribution is -0.119. The van der Waals surface area contributed by atoms with E-state index in [1.165, 1.54) is 18.3 Å². The summed E-state index contributed by atoms with van der Waals surface area (Å²) in [4.78, 5) is 31.2. The van der Waals surface area contributed by atoms with Crippen LogP contribution < -0.4 is 5.32 Å². The molecule has 0 saturated heterocycles. The van der Waals surface area contributed by atoms with Crippen molar-refractivity contribution in [3.8, 4) is 0 Å². The lowest BCUT2D eigenvalue weighted by Crippen LogP contribution is -2.21. The van der Waals surface area contributed by atoms with Crippen molar-refractivity contribution < 1.29 is 14.3 Å². The first-order valence-electron chi connectivity index (χ1n) is 6.06. The Bertz CT molecular complexity index is 676. The molecule has 7 heteroatoms. The molecule has 21 heavy (non-hydrogen) atoms. The topological polar surface area (TPSA) is 81.2 Å². The molecule has 0 radical (unpaired) electrons. The molecular weight excluding hydrogens is 294 g/mol. The second-order valence-corrected chi connectivity index (χ2v) is 4.55. The smallest absolute Gasteiger partial charge is 0.338 e. The zero-order chi connectivity index (χ0) is 15.2. The highest BCUT2D eigenvalue weighted by Gasteiger charge is 2.12. The molecule has 2 aromatic rings. The minimum absolute atomic E-state index is 0.179. The molecule has 0 aliphatic heterocycles. The average Bonchev–Trinajstić information content (AvgIpc) is 2.47. The molecular formula is C14H12ClN3O3. The number of aromatic nitrogens is 2. The number of carbonyl (C=O) groups excluding carboxylic acids is 2. The van der Waals surface area contributed by atoms with Crippen LogP contribution in [0.2, 0.25) is 5.15 Å². The van der Waals surface area contributed by atoms with Gasteiger partial charge in [-0.2, -0.15) is 0 Å². The predicted octanol–water partition coefficient (Wildman–Crippen LogP) is 2.23. The second kappa shape index (κ2) is 6.81. The average molecular weight is 306 g/mol. The second-order valence-electron chi connectivity index (χ2n) is 4.16. The van der Waals surface area contributed by atoms with Crippen LogP contribution >= 0.6 is 11.6 Å². The maximum Gasteiger partial charge on any atom is 0.338 e. The molecule has 2 heterocycles. The predicted molar refractivity (Wildman–Crippen MR) is 77.1 cm³/mol. The molecule has 0 aliphatic rings. The van der Waals surface area contributed by atoms with Crippen LogP contribution in [-0.2, 0) is 9.53 Å². The fraction of sp³-hybridized carbons (Fsp3) is 0.143. The van der Waals surface area contributed by atoms with Gasteiger partial charge in [0, 0.05) is 12.4 Å². The van der Waals surface area contributed by atoms with E-state index in [9.17, 15) is 9.59 Å². The fourth-order valence-corrected chi connectivity index (χ4v) is 1.70. The van der Waals surface area contributed by atoms with Gasteiger partial charge in [-0.25, -0.2) is 14.8 Å². The van der Waals surface area contributed by atoms with Crippen LogP contribution in [0.3, 0.4) is 0 Å².